The van der Waals surface area contributed by atoms with Crippen molar-refractivity contribution in [3.8, 4) is 0 Å². The minimum absolute atomic E-state index is 0.105. The minimum Gasteiger partial charge on any atom is -0.462 e. The zero-order chi connectivity index (χ0) is 59.9. The van der Waals surface area contributed by atoms with Crippen molar-refractivity contribution < 1.29 is 28.6 Å². The Hall–Kier alpha value is -3.67. The first-order chi connectivity index (χ1) is 41.0. The van der Waals surface area contributed by atoms with E-state index in [1.165, 1.54) is 238 Å². The van der Waals surface area contributed by atoms with Crippen LogP contribution in [0.4, 0.5) is 0 Å². The molecule has 0 amide bonds. The fourth-order valence-electron chi connectivity index (χ4n) is 10.3. The number of rotatable bonds is 65. The molecule has 0 aliphatic carbocycles. The summed E-state index contributed by atoms with van der Waals surface area (Å²) in [5, 5.41) is 0. The highest BCUT2D eigenvalue weighted by atomic mass is 16.6. The van der Waals surface area contributed by atoms with Gasteiger partial charge in [-0.1, -0.05) is 330 Å². The molecule has 0 radical (unpaired) electrons. The van der Waals surface area contributed by atoms with Crippen molar-refractivity contribution in [1.82, 2.24) is 0 Å². The topological polar surface area (TPSA) is 78.9 Å². The summed E-state index contributed by atoms with van der Waals surface area (Å²) in [6.07, 6.45) is 96.2. The number of hydrogen-bond acceptors (Lipinski definition) is 6. The van der Waals surface area contributed by atoms with Gasteiger partial charge in [-0.3, -0.25) is 14.4 Å². The molecular formula is C77H134O6. The minimum atomic E-state index is -0.819. The molecule has 6 heteroatoms. The number of hydrogen-bond donors (Lipinski definition) is 0. The number of unbranched alkanes of at least 4 members (excludes halogenated alkanes) is 39. The molecule has 0 aliphatic rings. The maximum atomic E-state index is 12.9. The molecule has 0 aromatic carbocycles. The van der Waals surface area contributed by atoms with E-state index in [-0.39, 0.29) is 31.6 Å². The maximum absolute atomic E-state index is 12.9. The van der Waals surface area contributed by atoms with E-state index in [1.807, 2.05) is 6.08 Å². The van der Waals surface area contributed by atoms with Crippen LogP contribution >= 0.6 is 0 Å². The van der Waals surface area contributed by atoms with Crippen LogP contribution in [0, 0.1) is 0 Å². The lowest BCUT2D eigenvalue weighted by Crippen LogP contribution is -2.30. The summed E-state index contributed by atoms with van der Waals surface area (Å²) < 4.78 is 16.9. The van der Waals surface area contributed by atoms with Gasteiger partial charge in [-0.05, 0) is 103 Å². The highest BCUT2D eigenvalue weighted by Gasteiger charge is 2.19. The molecule has 478 valence electrons. The number of allylic oxidation sites excluding steroid dienone is 15. The number of carbonyl (C=O) groups is 3. The molecule has 6 nitrogen and oxygen atoms in total. The Labute approximate surface area is 515 Å². The highest BCUT2D eigenvalue weighted by Crippen LogP contribution is 2.17. The lowest BCUT2D eigenvalue weighted by molar-refractivity contribution is -0.166. The molecule has 0 bridgehead atoms. The first-order valence-electron chi connectivity index (χ1n) is 35.7. The van der Waals surface area contributed by atoms with Gasteiger partial charge in [0.05, 0.1) is 6.42 Å². The zero-order valence-corrected chi connectivity index (χ0v) is 54.9. The summed E-state index contributed by atoms with van der Waals surface area (Å²) in [6.45, 7) is 6.47. The molecule has 0 aromatic rings. The van der Waals surface area contributed by atoms with Crippen molar-refractivity contribution in [2.45, 2.75) is 361 Å². The van der Waals surface area contributed by atoms with Crippen molar-refractivity contribution >= 4 is 17.9 Å². The number of carbonyl (C=O) groups excluding carboxylic acids is 3. The van der Waals surface area contributed by atoms with Crippen molar-refractivity contribution in [2.24, 2.45) is 0 Å². The van der Waals surface area contributed by atoms with Crippen molar-refractivity contribution in [3.05, 3.63) is 97.2 Å². The molecule has 0 fully saturated rings. The second kappa shape index (κ2) is 70.8. The van der Waals surface area contributed by atoms with Gasteiger partial charge in [-0.2, -0.15) is 0 Å². The Morgan fingerprint density at radius 3 is 0.855 bits per heavy atom. The zero-order valence-electron chi connectivity index (χ0n) is 54.9. The largest absolute Gasteiger partial charge is 0.462 e. The molecule has 1 atom stereocenters. The third kappa shape index (κ3) is 69.0. The smallest absolute Gasteiger partial charge is 0.309 e. The van der Waals surface area contributed by atoms with Crippen LogP contribution in [0.2, 0.25) is 0 Å². The molecule has 1 unspecified atom stereocenters. The molecule has 0 spiro atoms. The Bertz CT molecular complexity index is 1610. The van der Waals surface area contributed by atoms with E-state index in [0.29, 0.717) is 12.8 Å². The molecule has 0 aromatic heterocycles. The Morgan fingerprint density at radius 2 is 0.518 bits per heavy atom. The summed E-state index contributed by atoms with van der Waals surface area (Å²) in [5.41, 5.74) is 0. The van der Waals surface area contributed by atoms with E-state index >= 15 is 0 Å². The molecule has 0 aliphatic heterocycles. The summed E-state index contributed by atoms with van der Waals surface area (Å²) in [7, 11) is 0. The van der Waals surface area contributed by atoms with Gasteiger partial charge >= 0.3 is 17.9 Å². The highest BCUT2D eigenvalue weighted by molar-refractivity contribution is 5.72. The van der Waals surface area contributed by atoms with Crippen LogP contribution in [0.1, 0.15) is 355 Å². The van der Waals surface area contributed by atoms with Gasteiger partial charge in [0.15, 0.2) is 6.10 Å². The van der Waals surface area contributed by atoms with E-state index in [2.05, 4.69) is 106 Å². The fraction of sp³-hybridized carbons (Fsp3) is 0.753. The summed E-state index contributed by atoms with van der Waals surface area (Å²) in [4.78, 5) is 38.4. The van der Waals surface area contributed by atoms with Crippen LogP contribution < -0.4 is 0 Å². The van der Waals surface area contributed by atoms with Crippen LogP contribution in [0.25, 0.3) is 0 Å². The van der Waals surface area contributed by atoms with E-state index in [9.17, 15) is 14.4 Å². The number of esters is 3. The molecule has 0 rings (SSSR count). The normalized spacial score (nSPS) is 12.7. The molecule has 0 saturated heterocycles. The van der Waals surface area contributed by atoms with Gasteiger partial charge in [0.2, 0.25) is 0 Å². The molecule has 0 saturated carbocycles. The van der Waals surface area contributed by atoms with Crippen LogP contribution in [-0.2, 0) is 28.6 Å². The quantitative estimate of drug-likeness (QED) is 0.0261. The second-order valence-electron chi connectivity index (χ2n) is 23.8. The maximum Gasteiger partial charge on any atom is 0.309 e. The van der Waals surface area contributed by atoms with Gasteiger partial charge < -0.3 is 14.2 Å². The lowest BCUT2D eigenvalue weighted by Gasteiger charge is -2.18. The standard InChI is InChI=1S/C77H134O6/c1-4-7-10-13-16-19-22-25-28-30-32-33-34-35-36-37-38-39-40-41-42-43-45-46-49-52-55-58-61-64-67-70-76(79)82-73-74(72-81-75(78)69-66-63-60-57-54-51-48-27-24-21-18-15-12-9-6-3)83-77(80)71-68-65-62-59-56-53-50-47-44-31-29-26-23-20-17-14-11-8-5-2/h9,12,18,21-22,25-27,29-30,32,48,54,57,63,66,74H,4-8,10-11,13-17,19-20,23-24,28,31,33-47,49-53,55-56,58-62,64-65,67-73H2,1-3H3/b12-9-,21-18-,25-22-,29-26-,32-30-,48-27-,57-54-,66-63-. The van der Waals surface area contributed by atoms with Gasteiger partial charge in [0.25, 0.3) is 0 Å². The predicted molar refractivity (Wildman–Crippen MR) is 362 cm³/mol. The first-order valence-corrected chi connectivity index (χ1v) is 35.7. The summed E-state index contributed by atoms with van der Waals surface area (Å²) in [6, 6.07) is 0. The molecule has 0 N–H and O–H groups in total. The molecule has 0 heterocycles. The van der Waals surface area contributed by atoms with Crippen molar-refractivity contribution in [1.29, 1.82) is 0 Å². The van der Waals surface area contributed by atoms with Gasteiger partial charge in [0.1, 0.15) is 13.2 Å². The number of ether oxygens (including phenoxy) is 3. The average molecular weight is 1160 g/mol. The van der Waals surface area contributed by atoms with E-state index in [0.717, 1.165) is 77.0 Å². The SMILES string of the molecule is CC/C=C\C/C=C\C/C=C\C/C=C\C/C=C\CC(=O)OCC(COC(=O)CCCCCCCCCCCCCCCCCCCCC/C=C\C/C=C\CCCCCCC)OC(=O)CCCCCCCCCCC/C=C\CCCCCCCC. The molecular weight excluding hydrogens is 1020 g/mol. The van der Waals surface area contributed by atoms with Crippen molar-refractivity contribution in [3.63, 3.8) is 0 Å². The fourth-order valence-corrected chi connectivity index (χ4v) is 10.3. The van der Waals surface area contributed by atoms with Crippen LogP contribution in [0.15, 0.2) is 97.2 Å². The van der Waals surface area contributed by atoms with Gasteiger partial charge in [-0.25, -0.2) is 0 Å². The van der Waals surface area contributed by atoms with Gasteiger partial charge in [0, 0.05) is 12.8 Å². The third-order valence-electron chi connectivity index (χ3n) is 15.6. The third-order valence-corrected chi connectivity index (χ3v) is 15.6. The Kier molecular flexibility index (Phi) is 67.7. The Morgan fingerprint density at radius 1 is 0.265 bits per heavy atom. The van der Waals surface area contributed by atoms with Crippen LogP contribution in [0.5, 0.6) is 0 Å². The van der Waals surface area contributed by atoms with Crippen LogP contribution in [0.3, 0.4) is 0 Å². The Balaban J connectivity index is 4.27. The van der Waals surface area contributed by atoms with Crippen LogP contribution in [-0.4, -0.2) is 37.2 Å². The first kappa shape index (κ1) is 79.3. The van der Waals surface area contributed by atoms with Crippen molar-refractivity contribution in [2.75, 3.05) is 13.2 Å². The predicted octanol–water partition coefficient (Wildman–Crippen LogP) is 24.8. The molecule has 83 heavy (non-hydrogen) atoms. The van der Waals surface area contributed by atoms with E-state index < -0.39 is 12.1 Å². The van der Waals surface area contributed by atoms with E-state index in [4.69, 9.17) is 14.2 Å². The average Bonchev–Trinajstić information content (AvgIpc) is 3.50. The summed E-state index contributed by atoms with van der Waals surface area (Å²) in [5.74, 6) is -1.03. The summed E-state index contributed by atoms with van der Waals surface area (Å²) >= 11 is 0. The van der Waals surface area contributed by atoms with Gasteiger partial charge in [-0.15, -0.1) is 0 Å². The lowest BCUT2D eigenvalue weighted by atomic mass is 10.0. The monoisotopic (exact) mass is 1160 g/mol. The second-order valence-corrected chi connectivity index (χ2v) is 23.8. The van der Waals surface area contributed by atoms with E-state index in [1.54, 1.807) is 6.08 Å².